The van der Waals surface area contributed by atoms with E-state index >= 15 is 0 Å². The summed E-state index contributed by atoms with van der Waals surface area (Å²) in [4.78, 5) is 12.2. The first kappa shape index (κ1) is 18.6. The summed E-state index contributed by atoms with van der Waals surface area (Å²) in [5.74, 6) is 1.93. The molecule has 0 heterocycles. The van der Waals surface area contributed by atoms with Gasteiger partial charge in [-0.25, -0.2) is 0 Å². The Labute approximate surface area is 148 Å². The molecule has 25 heavy (non-hydrogen) atoms. The number of hydrogen-bond acceptors (Lipinski definition) is 4. The van der Waals surface area contributed by atoms with E-state index in [2.05, 4.69) is 5.32 Å². The summed E-state index contributed by atoms with van der Waals surface area (Å²) in [6.07, 6.45) is 0.149. The molecule has 5 nitrogen and oxygen atoms in total. The summed E-state index contributed by atoms with van der Waals surface area (Å²) in [6.45, 7) is 4.25. The molecule has 0 aliphatic heterocycles. The smallest absolute Gasteiger partial charge is 0.260 e. The lowest BCUT2D eigenvalue weighted by Crippen LogP contribution is -2.37. The topological polar surface area (TPSA) is 56.8 Å². The van der Waals surface area contributed by atoms with Gasteiger partial charge in [0.25, 0.3) is 5.91 Å². The Morgan fingerprint density at radius 1 is 1.08 bits per heavy atom. The highest BCUT2D eigenvalue weighted by Gasteiger charge is 2.14. The number of amides is 1. The fourth-order valence-electron chi connectivity index (χ4n) is 2.46. The van der Waals surface area contributed by atoms with Gasteiger partial charge >= 0.3 is 0 Å². The molecule has 2 rings (SSSR count). The monoisotopic (exact) mass is 343 g/mol. The Kier molecular flexibility index (Phi) is 6.69. The van der Waals surface area contributed by atoms with Crippen LogP contribution in [0.3, 0.4) is 0 Å². The number of hydrogen-bond donors (Lipinski definition) is 1. The van der Waals surface area contributed by atoms with Crippen molar-refractivity contribution in [1.29, 1.82) is 0 Å². The van der Waals surface area contributed by atoms with E-state index in [9.17, 15) is 4.79 Å². The van der Waals surface area contributed by atoms with Gasteiger partial charge in [0.15, 0.2) is 17.6 Å². The number of nitrogens with one attached hydrogen (secondary N) is 1. The van der Waals surface area contributed by atoms with Gasteiger partial charge in [-0.2, -0.15) is 0 Å². The average molecular weight is 343 g/mol. The molecule has 1 atom stereocenters. The summed E-state index contributed by atoms with van der Waals surface area (Å²) in [5.41, 5.74) is 2.16. The second-order valence-corrected chi connectivity index (χ2v) is 5.81. The highest BCUT2D eigenvalue weighted by atomic mass is 16.5. The van der Waals surface area contributed by atoms with Crippen LogP contribution < -0.4 is 19.5 Å². The Morgan fingerprint density at radius 2 is 1.84 bits per heavy atom. The molecule has 0 aliphatic rings. The minimum absolute atomic E-state index is 0.137. The van der Waals surface area contributed by atoms with Crippen LogP contribution in [0.5, 0.6) is 17.2 Å². The molecule has 1 N–H and O–H groups in total. The van der Waals surface area contributed by atoms with E-state index in [0.29, 0.717) is 30.2 Å². The van der Waals surface area contributed by atoms with Gasteiger partial charge in [-0.15, -0.1) is 0 Å². The number of ether oxygens (including phenoxy) is 3. The van der Waals surface area contributed by atoms with Crippen molar-refractivity contribution in [2.45, 2.75) is 26.4 Å². The van der Waals surface area contributed by atoms with Crippen LogP contribution in [0.4, 0.5) is 0 Å². The highest BCUT2D eigenvalue weighted by Crippen LogP contribution is 2.27. The third kappa shape index (κ3) is 5.41. The largest absolute Gasteiger partial charge is 0.493 e. The maximum Gasteiger partial charge on any atom is 0.260 e. The van der Waals surface area contributed by atoms with Gasteiger partial charge in [0.1, 0.15) is 5.75 Å². The van der Waals surface area contributed by atoms with Gasteiger partial charge in [-0.05, 0) is 55.7 Å². The van der Waals surface area contributed by atoms with Crippen molar-refractivity contribution in [3.05, 3.63) is 53.6 Å². The van der Waals surface area contributed by atoms with Crippen LogP contribution in [0.25, 0.3) is 0 Å². The normalized spacial score (nSPS) is 11.5. The summed E-state index contributed by atoms with van der Waals surface area (Å²) in [7, 11) is 3.21. The molecule has 5 heteroatoms. The van der Waals surface area contributed by atoms with Crippen molar-refractivity contribution in [2.24, 2.45) is 0 Å². The predicted molar refractivity (Wildman–Crippen MR) is 97.5 cm³/mol. The van der Waals surface area contributed by atoms with Crippen molar-refractivity contribution < 1.29 is 19.0 Å². The predicted octanol–water partition coefficient (Wildman–Crippen LogP) is 3.14. The third-order valence-electron chi connectivity index (χ3n) is 3.83. The third-order valence-corrected chi connectivity index (χ3v) is 3.83. The van der Waals surface area contributed by atoms with E-state index in [4.69, 9.17) is 14.2 Å². The van der Waals surface area contributed by atoms with Gasteiger partial charge in [-0.3, -0.25) is 4.79 Å². The minimum Gasteiger partial charge on any atom is -0.493 e. The van der Waals surface area contributed by atoms with Crippen LogP contribution in [0, 0.1) is 6.92 Å². The summed E-state index contributed by atoms with van der Waals surface area (Å²) < 4.78 is 16.2. The molecular weight excluding hydrogens is 318 g/mol. The maximum absolute atomic E-state index is 12.2. The summed E-state index contributed by atoms with van der Waals surface area (Å²) >= 11 is 0. The van der Waals surface area contributed by atoms with E-state index in [1.807, 2.05) is 49.4 Å². The molecule has 1 amide bonds. The van der Waals surface area contributed by atoms with E-state index in [1.165, 1.54) is 0 Å². The fraction of sp³-hybridized carbons (Fsp3) is 0.350. The number of methoxy groups -OCH3 is 2. The zero-order valence-corrected chi connectivity index (χ0v) is 15.2. The molecule has 0 radical (unpaired) electrons. The molecule has 2 aromatic rings. The lowest BCUT2D eigenvalue weighted by Gasteiger charge is -2.15. The molecule has 2 aromatic carbocycles. The Bertz CT molecular complexity index is 715. The lowest BCUT2D eigenvalue weighted by atomic mass is 10.1. The molecule has 0 saturated carbocycles. The molecule has 0 unspecified atom stereocenters. The zero-order chi connectivity index (χ0) is 18.2. The fourth-order valence-corrected chi connectivity index (χ4v) is 2.46. The van der Waals surface area contributed by atoms with Crippen LogP contribution in [0.1, 0.15) is 18.1 Å². The minimum atomic E-state index is -0.549. The van der Waals surface area contributed by atoms with Gasteiger partial charge in [0.2, 0.25) is 0 Å². The summed E-state index contributed by atoms with van der Waals surface area (Å²) in [6, 6.07) is 13.4. The first-order chi connectivity index (χ1) is 12.0. The quantitative estimate of drug-likeness (QED) is 0.800. The van der Waals surface area contributed by atoms with E-state index in [-0.39, 0.29) is 5.91 Å². The maximum atomic E-state index is 12.2. The standard InChI is InChI=1S/C20H25NO4/c1-14-6-5-7-17(12-14)25-15(2)20(22)21-11-10-16-8-9-18(23-3)19(13-16)24-4/h5-9,12-13,15H,10-11H2,1-4H3,(H,21,22)/t15-/m1/s1. The van der Waals surface area contributed by atoms with Gasteiger partial charge in [0, 0.05) is 6.54 Å². The molecular formula is C20H25NO4. The van der Waals surface area contributed by atoms with Gasteiger partial charge in [0.05, 0.1) is 14.2 Å². The number of carbonyl (C=O) groups excluding carboxylic acids is 1. The molecule has 0 spiro atoms. The zero-order valence-electron chi connectivity index (χ0n) is 15.2. The molecule has 0 bridgehead atoms. The number of aryl methyl sites for hydroxylation is 1. The van der Waals surface area contributed by atoms with Crippen molar-refractivity contribution in [1.82, 2.24) is 5.32 Å². The molecule has 0 fully saturated rings. The Hall–Kier alpha value is -2.69. The molecule has 134 valence electrons. The molecule has 0 aromatic heterocycles. The highest BCUT2D eigenvalue weighted by molar-refractivity contribution is 5.80. The van der Waals surface area contributed by atoms with Crippen molar-refractivity contribution in [3.8, 4) is 17.2 Å². The van der Waals surface area contributed by atoms with E-state index in [0.717, 1.165) is 11.1 Å². The average Bonchev–Trinajstić information content (AvgIpc) is 2.61. The van der Waals surface area contributed by atoms with Crippen molar-refractivity contribution in [3.63, 3.8) is 0 Å². The Morgan fingerprint density at radius 3 is 2.52 bits per heavy atom. The summed E-state index contributed by atoms with van der Waals surface area (Å²) in [5, 5.41) is 2.90. The van der Waals surface area contributed by atoms with Crippen molar-refractivity contribution in [2.75, 3.05) is 20.8 Å². The first-order valence-electron chi connectivity index (χ1n) is 8.25. The first-order valence-corrected chi connectivity index (χ1v) is 8.25. The van der Waals surface area contributed by atoms with Crippen LogP contribution in [-0.4, -0.2) is 32.8 Å². The number of carbonyl (C=O) groups is 1. The van der Waals surface area contributed by atoms with E-state index in [1.54, 1.807) is 21.1 Å². The van der Waals surface area contributed by atoms with Crippen LogP contribution in [0.2, 0.25) is 0 Å². The SMILES string of the molecule is COc1ccc(CCNC(=O)[C@@H](C)Oc2cccc(C)c2)cc1OC. The van der Waals surface area contributed by atoms with Gasteiger partial charge < -0.3 is 19.5 Å². The van der Waals surface area contributed by atoms with E-state index < -0.39 is 6.10 Å². The van der Waals surface area contributed by atoms with Crippen LogP contribution in [-0.2, 0) is 11.2 Å². The molecule has 0 saturated heterocycles. The number of rotatable bonds is 8. The number of benzene rings is 2. The van der Waals surface area contributed by atoms with Gasteiger partial charge in [-0.1, -0.05) is 18.2 Å². The lowest BCUT2D eigenvalue weighted by molar-refractivity contribution is -0.127. The Balaban J connectivity index is 1.83. The van der Waals surface area contributed by atoms with Crippen LogP contribution in [0.15, 0.2) is 42.5 Å². The van der Waals surface area contributed by atoms with Crippen LogP contribution >= 0.6 is 0 Å². The van der Waals surface area contributed by atoms with Crippen molar-refractivity contribution >= 4 is 5.91 Å². The second-order valence-electron chi connectivity index (χ2n) is 5.81. The molecule has 0 aliphatic carbocycles. The second kappa shape index (κ2) is 8.97.